The number of amides is 1. The second kappa shape index (κ2) is 6.19. The van der Waals surface area contributed by atoms with Gasteiger partial charge >= 0.3 is 5.97 Å². The van der Waals surface area contributed by atoms with Gasteiger partial charge in [-0.2, -0.15) is 0 Å². The molecule has 0 aliphatic heterocycles. The fraction of sp³-hybridized carbons (Fsp3) is 0.143. The number of carboxylic acid groups (broad SMARTS) is 1. The highest BCUT2D eigenvalue weighted by Gasteiger charge is 2.23. The molecule has 0 aliphatic rings. The summed E-state index contributed by atoms with van der Waals surface area (Å²) in [6.45, 7) is 1.88. The van der Waals surface area contributed by atoms with Gasteiger partial charge in [0.1, 0.15) is 0 Å². The number of carbonyl (C=O) groups is 2. The Morgan fingerprint density at radius 2 is 1.95 bits per heavy atom. The van der Waals surface area contributed by atoms with Crippen molar-refractivity contribution in [3.05, 3.63) is 56.2 Å². The van der Waals surface area contributed by atoms with Crippen molar-refractivity contribution in [3.8, 4) is 0 Å². The average Bonchev–Trinajstić information content (AvgIpc) is 2.76. The summed E-state index contributed by atoms with van der Waals surface area (Å²) in [4.78, 5) is 23.9. The lowest BCUT2D eigenvalue weighted by atomic mass is 10.1. The fourth-order valence-electron chi connectivity index (χ4n) is 1.71. The predicted octanol–water partition coefficient (Wildman–Crippen LogP) is 3.37. The minimum atomic E-state index is -1.09. The Morgan fingerprint density at radius 1 is 1.30 bits per heavy atom. The lowest BCUT2D eigenvalue weighted by Crippen LogP contribution is -2.33. The first-order chi connectivity index (χ1) is 9.49. The smallest absolute Gasteiger partial charge is 0.330 e. The van der Waals surface area contributed by atoms with Crippen molar-refractivity contribution in [1.82, 2.24) is 5.32 Å². The molecule has 0 saturated carbocycles. The molecule has 104 valence electrons. The van der Waals surface area contributed by atoms with Gasteiger partial charge in [-0.25, -0.2) is 4.79 Å². The van der Waals surface area contributed by atoms with Crippen LogP contribution in [0, 0.1) is 6.92 Å². The number of aliphatic carboxylic acids is 1. The Labute approximate surface area is 128 Å². The highest BCUT2D eigenvalue weighted by Crippen LogP contribution is 2.27. The van der Waals surface area contributed by atoms with Gasteiger partial charge in [0.2, 0.25) is 0 Å². The van der Waals surface area contributed by atoms with E-state index in [1.165, 1.54) is 11.3 Å². The Kier molecular flexibility index (Phi) is 4.57. The molecule has 0 unspecified atom stereocenters. The van der Waals surface area contributed by atoms with Gasteiger partial charge in [0, 0.05) is 0 Å². The zero-order chi connectivity index (χ0) is 14.7. The Hall–Kier alpha value is -1.66. The van der Waals surface area contributed by atoms with E-state index in [4.69, 9.17) is 0 Å². The maximum absolute atomic E-state index is 12.1. The van der Waals surface area contributed by atoms with E-state index >= 15 is 0 Å². The van der Waals surface area contributed by atoms with Gasteiger partial charge in [0.25, 0.3) is 5.91 Å². The summed E-state index contributed by atoms with van der Waals surface area (Å²) in [5.41, 5.74) is 1.49. The van der Waals surface area contributed by atoms with E-state index in [1.807, 2.05) is 6.92 Å². The van der Waals surface area contributed by atoms with E-state index in [2.05, 4.69) is 21.2 Å². The number of hydrogen-bond acceptors (Lipinski definition) is 3. The number of aryl methyl sites for hydroxylation is 1. The predicted molar refractivity (Wildman–Crippen MR) is 81.0 cm³/mol. The van der Waals surface area contributed by atoms with E-state index in [0.29, 0.717) is 10.4 Å². The van der Waals surface area contributed by atoms with Crippen LogP contribution in [0.2, 0.25) is 0 Å². The summed E-state index contributed by atoms with van der Waals surface area (Å²) in [7, 11) is 0. The Balaban J connectivity index is 2.21. The van der Waals surface area contributed by atoms with Crippen molar-refractivity contribution in [2.24, 2.45) is 0 Å². The van der Waals surface area contributed by atoms with E-state index < -0.39 is 12.0 Å². The molecular weight excluding hydrogens is 342 g/mol. The van der Waals surface area contributed by atoms with Crippen LogP contribution in [0.15, 0.2) is 40.2 Å². The number of thiophene rings is 1. The molecule has 20 heavy (non-hydrogen) atoms. The molecule has 0 radical (unpaired) electrons. The molecule has 2 aromatic rings. The molecule has 2 N–H and O–H groups in total. The lowest BCUT2D eigenvalue weighted by Gasteiger charge is -2.14. The molecule has 0 saturated heterocycles. The van der Waals surface area contributed by atoms with Crippen LogP contribution >= 0.6 is 27.3 Å². The summed E-state index contributed by atoms with van der Waals surface area (Å²) in [5.74, 6) is -1.48. The second-order valence-electron chi connectivity index (χ2n) is 4.22. The van der Waals surface area contributed by atoms with Gasteiger partial charge in [-0.05, 0) is 40.0 Å². The molecular formula is C14H12BrNO3S. The molecule has 0 bridgehead atoms. The molecule has 4 nitrogen and oxygen atoms in total. The number of rotatable bonds is 4. The number of carbonyl (C=O) groups excluding carboxylic acids is 1. The lowest BCUT2D eigenvalue weighted by molar-refractivity contribution is -0.139. The number of benzene rings is 1. The number of nitrogens with one attached hydrogen (secondary N) is 1. The quantitative estimate of drug-likeness (QED) is 0.885. The first-order valence-corrected chi connectivity index (χ1v) is 7.44. The summed E-state index contributed by atoms with van der Waals surface area (Å²) in [6.07, 6.45) is 0. The van der Waals surface area contributed by atoms with Crippen molar-refractivity contribution in [2.75, 3.05) is 0 Å². The molecule has 0 fully saturated rings. The number of carboxylic acids is 1. The van der Waals surface area contributed by atoms with E-state index in [0.717, 1.165) is 9.35 Å². The standard InChI is InChI=1S/C14H12BrNO3S/c1-8-7-10(20-12(8)15)13(17)16-11(14(18)19)9-5-3-2-4-6-9/h2-7,11H,1H3,(H,16,17)(H,18,19)/t11-/m1/s1. The summed E-state index contributed by atoms with van der Waals surface area (Å²) >= 11 is 4.63. The molecule has 0 aliphatic carbocycles. The van der Waals surface area contributed by atoms with E-state index in [1.54, 1.807) is 36.4 Å². The van der Waals surface area contributed by atoms with Crippen LogP contribution in [0.1, 0.15) is 26.8 Å². The normalized spacial score (nSPS) is 11.9. The molecule has 1 heterocycles. The van der Waals surface area contributed by atoms with Crippen LogP contribution in [0.5, 0.6) is 0 Å². The third-order valence-corrected chi connectivity index (χ3v) is 4.87. The summed E-state index contributed by atoms with van der Waals surface area (Å²) in [6, 6.07) is 9.30. The number of halogens is 1. The van der Waals surface area contributed by atoms with Crippen molar-refractivity contribution in [1.29, 1.82) is 0 Å². The molecule has 1 aromatic carbocycles. The zero-order valence-electron chi connectivity index (χ0n) is 10.6. The average molecular weight is 354 g/mol. The second-order valence-corrected chi connectivity index (χ2v) is 6.59. The van der Waals surface area contributed by atoms with Crippen LogP contribution < -0.4 is 5.32 Å². The van der Waals surface area contributed by atoms with Crippen molar-refractivity contribution in [3.63, 3.8) is 0 Å². The van der Waals surface area contributed by atoms with Crippen LogP contribution in [-0.2, 0) is 4.79 Å². The first-order valence-electron chi connectivity index (χ1n) is 5.83. The van der Waals surface area contributed by atoms with Gasteiger partial charge in [-0.3, -0.25) is 4.79 Å². The van der Waals surface area contributed by atoms with Crippen LogP contribution in [0.25, 0.3) is 0 Å². The monoisotopic (exact) mass is 353 g/mol. The summed E-state index contributed by atoms with van der Waals surface area (Å²) < 4.78 is 0.870. The SMILES string of the molecule is Cc1cc(C(=O)N[C@@H](C(=O)O)c2ccccc2)sc1Br. The van der Waals surface area contributed by atoms with Crippen molar-refractivity contribution < 1.29 is 14.7 Å². The Bertz CT molecular complexity index is 620. The third kappa shape index (κ3) is 3.26. The van der Waals surface area contributed by atoms with Crippen LogP contribution in [0.3, 0.4) is 0 Å². The third-order valence-electron chi connectivity index (χ3n) is 2.74. The topological polar surface area (TPSA) is 66.4 Å². The van der Waals surface area contributed by atoms with Gasteiger partial charge in [-0.1, -0.05) is 30.3 Å². The van der Waals surface area contributed by atoms with Gasteiger partial charge in [0.05, 0.1) is 8.66 Å². The molecule has 2 rings (SSSR count). The molecule has 0 spiro atoms. The van der Waals surface area contributed by atoms with Crippen LogP contribution in [0.4, 0.5) is 0 Å². The van der Waals surface area contributed by atoms with Gasteiger partial charge in [-0.15, -0.1) is 11.3 Å². The summed E-state index contributed by atoms with van der Waals surface area (Å²) in [5, 5.41) is 11.8. The Morgan fingerprint density at radius 3 is 2.45 bits per heavy atom. The fourth-order valence-corrected chi connectivity index (χ4v) is 3.15. The molecule has 1 atom stereocenters. The van der Waals surface area contributed by atoms with Crippen molar-refractivity contribution >= 4 is 39.1 Å². The first kappa shape index (κ1) is 14.7. The van der Waals surface area contributed by atoms with E-state index in [-0.39, 0.29) is 5.91 Å². The maximum Gasteiger partial charge on any atom is 0.330 e. The minimum Gasteiger partial charge on any atom is -0.479 e. The number of hydrogen-bond donors (Lipinski definition) is 2. The van der Waals surface area contributed by atoms with Gasteiger partial charge in [0.15, 0.2) is 6.04 Å². The van der Waals surface area contributed by atoms with Gasteiger partial charge < -0.3 is 10.4 Å². The zero-order valence-corrected chi connectivity index (χ0v) is 13.0. The largest absolute Gasteiger partial charge is 0.479 e. The molecule has 1 aromatic heterocycles. The van der Waals surface area contributed by atoms with E-state index in [9.17, 15) is 14.7 Å². The molecule has 6 heteroatoms. The van der Waals surface area contributed by atoms with Crippen LogP contribution in [-0.4, -0.2) is 17.0 Å². The highest BCUT2D eigenvalue weighted by atomic mass is 79.9. The van der Waals surface area contributed by atoms with Crippen molar-refractivity contribution in [2.45, 2.75) is 13.0 Å². The molecule has 1 amide bonds. The highest BCUT2D eigenvalue weighted by molar-refractivity contribution is 9.11. The minimum absolute atomic E-state index is 0.389. The maximum atomic E-state index is 12.1.